The van der Waals surface area contributed by atoms with Gasteiger partial charge in [0.25, 0.3) is 5.56 Å². The Bertz CT molecular complexity index is 631. The number of aromatic nitrogens is 1. The van der Waals surface area contributed by atoms with Gasteiger partial charge in [0, 0.05) is 12.3 Å². The van der Waals surface area contributed by atoms with E-state index < -0.39 is 0 Å². The van der Waals surface area contributed by atoms with Crippen molar-refractivity contribution < 1.29 is 4.74 Å². The van der Waals surface area contributed by atoms with Gasteiger partial charge in [0.15, 0.2) is 0 Å². The predicted octanol–water partition coefficient (Wildman–Crippen LogP) is 3.77. The molecular formula is C18H23NO2. The number of hydrogen-bond acceptors (Lipinski definition) is 2. The zero-order chi connectivity index (χ0) is 15.1. The molecule has 0 fully saturated rings. The molecular weight excluding hydrogens is 262 g/mol. The van der Waals surface area contributed by atoms with Crippen LogP contribution in [0, 0.1) is 6.92 Å². The first-order valence-corrected chi connectivity index (χ1v) is 7.58. The van der Waals surface area contributed by atoms with E-state index in [2.05, 4.69) is 26.0 Å². The molecule has 0 aliphatic carbocycles. The summed E-state index contributed by atoms with van der Waals surface area (Å²) in [5.74, 6) is 0.664. The quantitative estimate of drug-likeness (QED) is 0.725. The number of hydrogen-bond donors (Lipinski definition) is 0. The number of nitrogens with zero attached hydrogens (tertiary/aromatic N) is 1. The van der Waals surface area contributed by atoms with Gasteiger partial charge in [-0.2, -0.15) is 0 Å². The van der Waals surface area contributed by atoms with Crippen molar-refractivity contribution in [2.24, 2.45) is 0 Å². The van der Waals surface area contributed by atoms with Crippen LogP contribution in [-0.2, 0) is 6.54 Å². The van der Waals surface area contributed by atoms with Gasteiger partial charge in [0.1, 0.15) is 5.75 Å². The molecule has 0 aliphatic rings. The van der Waals surface area contributed by atoms with Crippen LogP contribution in [0.15, 0.2) is 47.4 Å². The van der Waals surface area contributed by atoms with Gasteiger partial charge >= 0.3 is 0 Å². The Hall–Kier alpha value is -2.03. The first-order valence-electron chi connectivity index (χ1n) is 7.58. The Morgan fingerprint density at radius 1 is 1.14 bits per heavy atom. The third kappa shape index (κ3) is 4.48. The Labute approximate surface area is 126 Å². The van der Waals surface area contributed by atoms with E-state index in [0.717, 1.165) is 18.4 Å². The van der Waals surface area contributed by atoms with E-state index >= 15 is 0 Å². The molecule has 0 spiro atoms. The molecule has 112 valence electrons. The Kier molecular flexibility index (Phi) is 5.61. The van der Waals surface area contributed by atoms with E-state index in [1.54, 1.807) is 10.6 Å². The minimum Gasteiger partial charge on any atom is -0.493 e. The van der Waals surface area contributed by atoms with Crippen LogP contribution in [0.25, 0.3) is 0 Å². The maximum absolute atomic E-state index is 12.1. The maximum atomic E-state index is 12.1. The zero-order valence-electron chi connectivity index (χ0n) is 12.8. The van der Waals surface area contributed by atoms with Crippen molar-refractivity contribution in [3.05, 3.63) is 64.1 Å². The van der Waals surface area contributed by atoms with E-state index in [-0.39, 0.29) is 5.56 Å². The first-order chi connectivity index (χ1) is 10.2. The normalized spacial score (nSPS) is 10.6. The molecule has 1 aromatic carbocycles. The largest absolute Gasteiger partial charge is 0.493 e. The summed E-state index contributed by atoms with van der Waals surface area (Å²) in [6.45, 7) is 5.50. The maximum Gasteiger partial charge on any atom is 0.254 e. The molecule has 0 bridgehead atoms. The average Bonchev–Trinajstić information content (AvgIpc) is 2.48. The highest BCUT2D eigenvalue weighted by atomic mass is 16.5. The molecule has 0 unspecified atom stereocenters. The molecule has 0 saturated heterocycles. The summed E-state index contributed by atoms with van der Waals surface area (Å²) in [7, 11) is 0. The van der Waals surface area contributed by atoms with Crippen LogP contribution < -0.4 is 10.3 Å². The first kappa shape index (κ1) is 15.4. The SMILES string of the molecule is CCCCCOc1ccn(Cc2ccccc2C)c(=O)c1. The number of benzene rings is 1. The number of aryl methyl sites for hydroxylation is 1. The van der Waals surface area contributed by atoms with Crippen molar-refractivity contribution in [2.45, 2.75) is 39.7 Å². The highest BCUT2D eigenvalue weighted by Crippen LogP contribution is 2.11. The third-order valence-corrected chi connectivity index (χ3v) is 3.59. The number of ether oxygens (including phenoxy) is 1. The van der Waals surface area contributed by atoms with Crippen LogP contribution in [0.1, 0.15) is 37.3 Å². The summed E-state index contributed by atoms with van der Waals surface area (Å²) in [6, 6.07) is 11.6. The molecule has 1 heterocycles. The van der Waals surface area contributed by atoms with Gasteiger partial charge in [-0.25, -0.2) is 0 Å². The highest BCUT2D eigenvalue weighted by molar-refractivity contribution is 5.26. The Balaban J connectivity index is 2.02. The monoisotopic (exact) mass is 285 g/mol. The van der Waals surface area contributed by atoms with E-state index in [0.29, 0.717) is 18.9 Å². The lowest BCUT2D eigenvalue weighted by atomic mass is 10.1. The molecule has 1 aromatic heterocycles. The minimum absolute atomic E-state index is 0.0220. The predicted molar refractivity (Wildman–Crippen MR) is 86.0 cm³/mol. The third-order valence-electron chi connectivity index (χ3n) is 3.59. The minimum atomic E-state index is -0.0220. The summed E-state index contributed by atoms with van der Waals surface area (Å²) in [6.07, 6.45) is 5.17. The van der Waals surface area contributed by atoms with Crippen LogP contribution in [-0.4, -0.2) is 11.2 Å². The lowest BCUT2D eigenvalue weighted by molar-refractivity contribution is 0.305. The highest BCUT2D eigenvalue weighted by Gasteiger charge is 2.02. The van der Waals surface area contributed by atoms with E-state index in [9.17, 15) is 4.79 Å². The summed E-state index contributed by atoms with van der Waals surface area (Å²) in [4.78, 5) is 12.1. The number of pyridine rings is 1. The smallest absolute Gasteiger partial charge is 0.254 e. The van der Waals surface area contributed by atoms with Gasteiger partial charge in [0.05, 0.1) is 13.2 Å². The van der Waals surface area contributed by atoms with Crippen molar-refractivity contribution in [2.75, 3.05) is 6.61 Å². The number of rotatable bonds is 7. The topological polar surface area (TPSA) is 31.2 Å². The molecule has 0 N–H and O–H groups in total. The van der Waals surface area contributed by atoms with E-state index in [4.69, 9.17) is 4.74 Å². The van der Waals surface area contributed by atoms with Gasteiger partial charge in [-0.15, -0.1) is 0 Å². The molecule has 0 aliphatic heterocycles. The second-order valence-electron chi connectivity index (χ2n) is 5.31. The van der Waals surface area contributed by atoms with Gasteiger partial charge in [-0.3, -0.25) is 4.79 Å². The molecule has 0 amide bonds. The molecule has 21 heavy (non-hydrogen) atoms. The second-order valence-corrected chi connectivity index (χ2v) is 5.31. The van der Waals surface area contributed by atoms with Gasteiger partial charge in [0.2, 0.25) is 0 Å². The van der Waals surface area contributed by atoms with Crippen LogP contribution in [0.4, 0.5) is 0 Å². The molecule has 0 radical (unpaired) electrons. The van der Waals surface area contributed by atoms with E-state index in [1.807, 2.05) is 24.4 Å². The average molecular weight is 285 g/mol. The summed E-state index contributed by atoms with van der Waals surface area (Å²) < 4.78 is 7.31. The fraction of sp³-hybridized carbons (Fsp3) is 0.389. The van der Waals surface area contributed by atoms with Crippen LogP contribution >= 0.6 is 0 Å². The van der Waals surface area contributed by atoms with Gasteiger partial charge < -0.3 is 9.30 Å². The Morgan fingerprint density at radius 2 is 1.95 bits per heavy atom. The Morgan fingerprint density at radius 3 is 2.67 bits per heavy atom. The standard InChI is InChI=1S/C18H23NO2/c1-3-4-7-12-21-17-10-11-19(18(20)13-17)14-16-9-6-5-8-15(16)2/h5-6,8-11,13H,3-4,7,12,14H2,1-2H3. The van der Waals surface area contributed by atoms with Crippen molar-refractivity contribution in [1.29, 1.82) is 0 Å². The lowest BCUT2D eigenvalue weighted by Gasteiger charge is -2.10. The molecule has 3 heteroatoms. The summed E-state index contributed by atoms with van der Waals surface area (Å²) in [5, 5.41) is 0. The number of unbranched alkanes of at least 4 members (excludes halogenated alkanes) is 2. The van der Waals surface area contributed by atoms with Gasteiger partial charge in [-0.1, -0.05) is 44.0 Å². The second kappa shape index (κ2) is 7.67. The van der Waals surface area contributed by atoms with E-state index in [1.165, 1.54) is 12.0 Å². The molecule has 0 atom stereocenters. The lowest BCUT2D eigenvalue weighted by Crippen LogP contribution is -2.19. The van der Waals surface area contributed by atoms with Gasteiger partial charge in [-0.05, 0) is 30.5 Å². The van der Waals surface area contributed by atoms with Crippen molar-refractivity contribution in [3.8, 4) is 5.75 Å². The van der Waals surface area contributed by atoms with Crippen LogP contribution in [0.3, 0.4) is 0 Å². The van der Waals surface area contributed by atoms with Crippen molar-refractivity contribution >= 4 is 0 Å². The summed E-state index contributed by atoms with van der Waals surface area (Å²) >= 11 is 0. The van der Waals surface area contributed by atoms with Crippen LogP contribution in [0.5, 0.6) is 5.75 Å². The van der Waals surface area contributed by atoms with Crippen molar-refractivity contribution in [3.63, 3.8) is 0 Å². The molecule has 2 aromatic rings. The fourth-order valence-electron chi connectivity index (χ4n) is 2.22. The molecule has 2 rings (SSSR count). The zero-order valence-corrected chi connectivity index (χ0v) is 12.8. The molecule has 3 nitrogen and oxygen atoms in total. The summed E-state index contributed by atoms with van der Waals surface area (Å²) in [5.41, 5.74) is 2.34. The molecule has 0 saturated carbocycles. The fourth-order valence-corrected chi connectivity index (χ4v) is 2.22. The van der Waals surface area contributed by atoms with Crippen LogP contribution in [0.2, 0.25) is 0 Å². The van der Waals surface area contributed by atoms with Crippen molar-refractivity contribution in [1.82, 2.24) is 4.57 Å².